The molecular formula is C21H24N2O4. The first kappa shape index (κ1) is 18.8. The maximum atomic E-state index is 12.6. The molecule has 1 aliphatic rings. The predicted molar refractivity (Wildman–Crippen MR) is 104 cm³/mol. The van der Waals surface area contributed by atoms with E-state index in [4.69, 9.17) is 9.47 Å². The van der Waals surface area contributed by atoms with Crippen LogP contribution in [0.5, 0.6) is 11.5 Å². The van der Waals surface area contributed by atoms with Gasteiger partial charge in [0.15, 0.2) is 11.5 Å². The third-order valence-corrected chi connectivity index (χ3v) is 4.57. The van der Waals surface area contributed by atoms with Gasteiger partial charge in [-0.15, -0.1) is 0 Å². The Kier molecular flexibility index (Phi) is 5.64. The van der Waals surface area contributed by atoms with Crippen LogP contribution in [0.15, 0.2) is 36.4 Å². The number of amides is 2. The number of aryl methyl sites for hydroxylation is 2. The summed E-state index contributed by atoms with van der Waals surface area (Å²) < 4.78 is 10.6. The molecule has 0 unspecified atom stereocenters. The molecule has 2 aromatic carbocycles. The summed E-state index contributed by atoms with van der Waals surface area (Å²) in [5.41, 5.74) is 3.56. The van der Waals surface area contributed by atoms with Gasteiger partial charge in [0.2, 0.25) is 18.6 Å². The number of ether oxygens (including phenoxy) is 2. The number of carbonyl (C=O) groups is 2. The third kappa shape index (κ3) is 4.05. The van der Waals surface area contributed by atoms with Gasteiger partial charge >= 0.3 is 0 Å². The number of hydrogen-bond acceptors (Lipinski definition) is 4. The molecule has 2 aromatic rings. The lowest BCUT2D eigenvalue weighted by atomic mass is 10.0. The van der Waals surface area contributed by atoms with Crippen molar-refractivity contribution in [3.63, 3.8) is 0 Å². The van der Waals surface area contributed by atoms with Gasteiger partial charge in [0, 0.05) is 18.7 Å². The van der Waals surface area contributed by atoms with Crippen molar-refractivity contribution in [3.05, 3.63) is 47.5 Å². The van der Waals surface area contributed by atoms with Crippen molar-refractivity contribution in [2.75, 3.05) is 23.6 Å². The summed E-state index contributed by atoms with van der Waals surface area (Å²) in [6, 6.07) is 11.2. The van der Waals surface area contributed by atoms with Crippen molar-refractivity contribution in [2.24, 2.45) is 0 Å². The van der Waals surface area contributed by atoms with E-state index in [1.54, 1.807) is 23.1 Å². The van der Waals surface area contributed by atoms with Gasteiger partial charge in [-0.05, 0) is 36.1 Å². The van der Waals surface area contributed by atoms with Gasteiger partial charge in [0.05, 0.1) is 5.69 Å². The van der Waals surface area contributed by atoms with Crippen molar-refractivity contribution < 1.29 is 19.1 Å². The molecule has 0 spiro atoms. The Morgan fingerprint density at radius 1 is 1.04 bits per heavy atom. The van der Waals surface area contributed by atoms with E-state index in [0.717, 1.165) is 29.7 Å². The average molecular weight is 368 g/mol. The quantitative estimate of drug-likeness (QED) is 0.847. The van der Waals surface area contributed by atoms with E-state index in [0.29, 0.717) is 17.2 Å². The van der Waals surface area contributed by atoms with Crippen LogP contribution in [-0.2, 0) is 22.4 Å². The normalized spacial score (nSPS) is 12.0. The van der Waals surface area contributed by atoms with Crippen LogP contribution in [0.1, 0.15) is 31.9 Å². The van der Waals surface area contributed by atoms with Gasteiger partial charge in [0.1, 0.15) is 6.54 Å². The highest BCUT2D eigenvalue weighted by molar-refractivity contribution is 6.02. The van der Waals surface area contributed by atoms with Crippen LogP contribution in [0, 0.1) is 0 Å². The summed E-state index contributed by atoms with van der Waals surface area (Å²) in [6.07, 6.45) is 1.58. The Balaban J connectivity index is 1.81. The second-order valence-electron chi connectivity index (χ2n) is 6.35. The Morgan fingerprint density at radius 2 is 1.70 bits per heavy atom. The Bertz CT molecular complexity index is 841. The zero-order chi connectivity index (χ0) is 19.4. The van der Waals surface area contributed by atoms with E-state index in [1.165, 1.54) is 6.92 Å². The summed E-state index contributed by atoms with van der Waals surface area (Å²) in [7, 11) is 0. The van der Waals surface area contributed by atoms with Gasteiger partial charge in [-0.2, -0.15) is 0 Å². The van der Waals surface area contributed by atoms with Gasteiger partial charge in [-0.3, -0.25) is 9.59 Å². The fourth-order valence-corrected chi connectivity index (χ4v) is 3.23. The highest BCUT2D eigenvalue weighted by atomic mass is 16.7. The molecule has 0 saturated carbocycles. The molecule has 0 aromatic heterocycles. The number of anilines is 2. The van der Waals surface area contributed by atoms with E-state index in [1.807, 2.05) is 32.0 Å². The molecule has 0 radical (unpaired) electrons. The fraction of sp³-hybridized carbons (Fsp3) is 0.333. The lowest BCUT2D eigenvalue weighted by Gasteiger charge is -2.26. The van der Waals surface area contributed by atoms with Crippen LogP contribution in [0.4, 0.5) is 11.4 Å². The van der Waals surface area contributed by atoms with E-state index in [-0.39, 0.29) is 25.2 Å². The number of para-hydroxylation sites is 1. The third-order valence-electron chi connectivity index (χ3n) is 4.57. The van der Waals surface area contributed by atoms with Gasteiger partial charge < -0.3 is 19.7 Å². The standard InChI is InChI=1S/C21H24N2O4/c1-4-15-7-6-8-16(5-2)21(15)23(14(3)24)12-20(25)22-17-9-10-18-19(11-17)27-13-26-18/h6-11H,4-5,12-13H2,1-3H3,(H,22,25). The molecule has 27 heavy (non-hydrogen) atoms. The molecular weight excluding hydrogens is 344 g/mol. The smallest absolute Gasteiger partial charge is 0.244 e. The number of benzene rings is 2. The first-order valence-corrected chi connectivity index (χ1v) is 9.11. The fourth-order valence-electron chi connectivity index (χ4n) is 3.23. The van der Waals surface area contributed by atoms with Crippen LogP contribution in [0.2, 0.25) is 0 Å². The van der Waals surface area contributed by atoms with Crippen molar-refractivity contribution in [2.45, 2.75) is 33.6 Å². The van der Waals surface area contributed by atoms with Gasteiger partial charge in [0.25, 0.3) is 0 Å². The SMILES string of the molecule is CCc1cccc(CC)c1N(CC(=O)Nc1ccc2c(c1)OCO2)C(C)=O. The minimum Gasteiger partial charge on any atom is -0.454 e. The molecule has 0 bridgehead atoms. The minimum atomic E-state index is -0.267. The molecule has 1 heterocycles. The minimum absolute atomic E-state index is 0.0478. The molecule has 0 fully saturated rings. The van der Waals surface area contributed by atoms with Crippen molar-refractivity contribution in [1.82, 2.24) is 0 Å². The molecule has 1 aliphatic heterocycles. The topological polar surface area (TPSA) is 67.9 Å². The maximum absolute atomic E-state index is 12.6. The van der Waals surface area contributed by atoms with Crippen LogP contribution < -0.4 is 19.7 Å². The number of nitrogens with zero attached hydrogens (tertiary/aromatic N) is 1. The maximum Gasteiger partial charge on any atom is 0.244 e. The van der Waals surface area contributed by atoms with Crippen molar-refractivity contribution in [3.8, 4) is 11.5 Å². The summed E-state index contributed by atoms with van der Waals surface area (Å²) >= 11 is 0. The summed E-state index contributed by atoms with van der Waals surface area (Å²) in [5, 5.41) is 2.83. The van der Waals surface area contributed by atoms with Crippen LogP contribution in [0.25, 0.3) is 0 Å². The highest BCUT2D eigenvalue weighted by Gasteiger charge is 2.21. The van der Waals surface area contributed by atoms with Crippen LogP contribution >= 0.6 is 0 Å². The molecule has 1 N–H and O–H groups in total. The summed E-state index contributed by atoms with van der Waals surface area (Å²) in [5.74, 6) is 0.826. The second-order valence-corrected chi connectivity index (χ2v) is 6.35. The number of rotatable bonds is 6. The molecule has 6 heteroatoms. The van der Waals surface area contributed by atoms with Gasteiger partial charge in [-0.1, -0.05) is 32.0 Å². The van der Waals surface area contributed by atoms with E-state index in [2.05, 4.69) is 5.32 Å². The monoisotopic (exact) mass is 368 g/mol. The lowest BCUT2D eigenvalue weighted by Crippen LogP contribution is -2.37. The molecule has 0 atom stereocenters. The molecule has 142 valence electrons. The molecule has 3 rings (SSSR count). The van der Waals surface area contributed by atoms with E-state index in [9.17, 15) is 9.59 Å². The Labute approximate surface area is 159 Å². The highest BCUT2D eigenvalue weighted by Crippen LogP contribution is 2.34. The molecule has 6 nitrogen and oxygen atoms in total. The molecule has 2 amide bonds. The molecule has 0 aliphatic carbocycles. The Morgan fingerprint density at radius 3 is 2.33 bits per heavy atom. The van der Waals surface area contributed by atoms with Crippen molar-refractivity contribution in [1.29, 1.82) is 0 Å². The lowest BCUT2D eigenvalue weighted by molar-refractivity contribution is -0.120. The van der Waals surface area contributed by atoms with Crippen LogP contribution in [0.3, 0.4) is 0 Å². The van der Waals surface area contributed by atoms with Gasteiger partial charge in [-0.25, -0.2) is 0 Å². The largest absolute Gasteiger partial charge is 0.454 e. The average Bonchev–Trinajstić information content (AvgIpc) is 3.13. The van der Waals surface area contributed by atoms with Crippen LogP contribution in [-0.4, -0.2) is 25.2 Å². The van der Waals surface area contributed by atoms with E-state index >= 15 is 0 Å². The summed E-state index contributed by atoms with van der Waals surface area (Å²) in [6.45, 7) is 5.71. The second kappa shape index (κ2) is 8.12. The Hall–Kier alpha value is -3.02. The number of fused-ring (bicyclic) bond motifs is 1. The summed E-state index contributed by atoms with van der Waals surface area (Å²) in [4.78, 5) is 26.5. The number of nitrogens with one attached hydrogen (secondary N) is 1. The number of carbonyl (C=O) groups excluding carboxylic acids is 2. The molecule has 0 saturated heterocycles. The zero-order valence-electron chi connectivity index (χ0n) is 15.9. The van der Waals surface area contributed by atoms with E-state index < -0.39 is 0 Å². The van der Waals surface area contributed by atoms with Crippen molar-refractivity contribution >= 4 is 23.2 Å². The first-order chi connectivity index (χ1) is 13.0. The number of hydrogen-bond donors (Lipinski definition) is 1. The first-order valence-electron chi connectivity index (χ1n) is 9.11. The zero-order valence-corrected chi connectivity index (χ0v) is 15.9. The predicted octanol–water partition coefficient (Wildman–Crippen LogP) is 3.53.